The minimum atomic E-state index is -3.48. The lowest BCUT2D eigenvalue weighted by molar-refractivity contribution is -0.137. The molecule has 0 saturated heterocycles. The molecule has 1 unspecified atom stereocenters. The second kappa shape index (κ2) is 18.3. The number of carbonyl (C=O) groups excluding carboxylic acids is 4. The van der Waals surface area contributed by atoms with Crippen molar-refractivity contribution < 1.29 is 36.0 Å². The number of carbonyl (C=O) groups is 4. The minimum Gasteiger partial charge on any atom is -0.300 e. The number of Topliss-reactive ketones (excluding diaryl/α,β-unsaturated/α-hetero) is 4. The molecule has 0 aliphatic rings. The van der Waals surface area contributed by atoms with Gasteiger partial charge in [0.2, 0.25) is 20.0 Å². The number of halogens is 1. The summed E-state index contributed by atoms with van der Waals surface area (Å²) in [5.74, 6) is -1.02. The molecule has 0 N–H and O–H groups in total. The molecule has 0 heterocycles. The third-order valence-corrected chi connectivity index (χ3v) is 11.1. The van der Waals surface area contributed by atoms with Crippen molar-refractivity contribution in [1.29, 1.82) is 0 Å². The molecule has 0 fully saturated rings. The number of hydrogen-bond acceptors (Lipinski definition) is 8. The Bertz CT molecular complexity index is 1590. The smallest absolute Gasteiger partial charge is 0.242 e. The van der Waals surface area contributed by atoms with Crippen LogP contribution < -0.4 is 0 Å². The lowest BCUT2D eigenvalue weighted by Crippen LogP contribution is -2.34. The van der Waals surface area contributed by atoms with Gasteiger partial charge in [-0.2, -0.15) is 0 Å². The fourth-order valence-electron chi connectivity index (χ4n) is 3.64. The zero-order chi connectivity index (χ0) is 37.1. The molecule has 0 bridgehead atoms. The van der Waals surface area contributed by atoms with E-state index in [-0.39, 0.29) is 46.3 Å². The molecule has 47 heavy (non-hydrogen) atoms. The van der Waals surface area contributed by atoms with Crippen LogP contribution in [0.25, 0.3) is 0 Å². The molecular weight excluding hydrogens is 708 g/mol. The van der Waals surface area contributed by atoms with Crippen LogP contribution in [0.4, 0.5) is 0 Å². The first-order chi connectivity index (χ1) is 21.2. The number of hydrogen-bond donors (Lipinski definition) is 0. The van der Waals surface area contributed by atoms with Gasteiger partial charge in [0.1, 0.15) is 23.1 Å². The van der Waals surface area contributed by atoms with Gasteiger partial charge in [0, 0.05) is 44.4 Å². The fourth-order valence-corrected chi connectivity index (χ4v) is 5.82. The maximum atomic E-state index is 12.4. The molecule has 264 valence electrons. The maximum absolute atomic E-state index is 12.4. The highest BCUT2D eigenvalue weighted by atomic mass is 79.9. The van der Waals surface area contributed by atoms with Gasteiger partial charge in [-0.25, -0.2) is 25.4 Å². The average molecular weight is 760 g/mol. The van der Waals surface area contributed by atoms with Gasteiger partial charge in [0.15, 0.2) is 0 Å². The molecule has 2 aromatic carbocycles. The van der Waals surface area contributed by atoms with Crippen LogP contribution in [-0.4, -0.2) is 76.8 Å². The summed E-state index contributed by atoms with van der Waals surface area (Å²) in [4.78, 5) is 46.3. The number of rotatable bonds is 11. The van der Waals surface area contributed by atoms with Gasteiger partial charge in [-0.15, -0.1) is 0 Å². The number of benzene rings is 2. The predicted molar refractivity (Wildman–Crippen MR) is 189 cm³/mol. The van der Waals surface area contributed by atoms with Crippen molar-refractivity contribution in [2.75, 3.05) is 28.2 Å². The lowest BCUT2D eigenvalue weighted by Gasteiger charge is -2.23. The second-order valence-electron chi connectivity index (χ2n) is 13.5. The third-order valence-electron chi connectivity index (χ3n) is 6.79. The fraction of sp³-hybridized carbons (Fsp3) is 0.529. The van der Waals surface area contributed by atoms with E-state index in [1.165, 1.54) is 58.5 Å². The highest BCUT2D eigenvalue weighted by molar-refractivity contribution is 9.08. The molecule has 2 aromatic rings. The van der Waals surface area contributed by atoms with Gasteiger partial charge in [-0.3, -0.25) is 19.2 Å². The van der Waals surface area contributed by atoms with Gasteiger partial charge >= 0.3 is 0 Å². The van der Waals surface area contributed by atoms with Crippen LogP contribution >= 0.6 is 15.9 Å². The normalized spacial score (nSPS) is 12.7. The highest BCUT2D eigenvalue weighted by Crippen LogP contribution is 2.25. The largest absolute Gasteiger partial charge is 0.300 e. The Balaban J connectivity index is 0.000000748. The van der Waals surface area contributed by atoms with Gasteiger partial charge in [0.25, 0.3) is 0 Å². The van der Waals surface area contributed by atoms with Crippen molar-refractivity contribution in [1.82, 2.24) is 8.61 Å². The van der Waals surface area contributed by atoms with E-state index in [1.807, 2.05) is 20.8 Å². The average Bonchev–Trinajstić information content (AvgIpc) is 2.95. The Kier molecular flexibility index (Phi) is 17.3. The molecule has 0 aliphatic carbocycles. The Labute approximate surface area is 290 Å². The van der Waals surface area contributed by atoms with E-state index in [9.17, 15) is 36.0 Å². The van der Waals surface area contributed by atoms with Crippen molar-refractivity contribution >= 4 is 59.1 Å². The Hall–Kier alpha value is -2.58. The van der Waals surface area contributed by atoms with E-state index in [0.717, 1.165) is 20.8 Å². The molecule has 0 radical (unpaired) electrons. The van der Waals surface area contributed by atoms with Crippen LogP contribution in [0.3, 0.4) is 0 Å². The summed E-state index contributed by atoms with van der Waals surface area (Å²) in [5, 5.41) is 0.731. The first-order valence-electron chi connectivity index (χ1n) is 14.9. The van der Waals surface area contributed by atoms with Crippen molar-refractivity contribution in [2.24, 2.45) is 16.7 Å². The summed E-state index contributed by atoms with van der Waals surface area (Å²) in [7, 11) is -0.781. The van der Waals surface area contributed by atoms with Crippen molar-refractivity contribution in [3.63, 3.8) is 0 Å². The van der Waals surface area contributed by atoms with Crippen molar-refractivity contribution in [3.8, 4) is 0 Å². The molecule has 2 rings (SSSR count). The Morgan fingerprint density at radius 1 is 0.660 bits per heavy atom. The van der Waals surface area contributed by atoms with Crippen LogP contribution in [0.1, 0.15) is 72.9 Å². The van der Waals surface area contributed by atoms with Crippen LogP contribution in [0.5, 0.6) is 0 Å². The summed E-state index contributed by atoms with van der Waals surface area (Å²) >= 11 is 3.30. The minimum absolute atomic E-state index is 0.0139. The van der Waals surface area contributed by atoms with Gasteiger partial charge in [0.05, 0.1) is 22.1 Å². The number of sulfonamides is 2. The number of ketones is 4. The van der Waals surface area contributed by atoms with E-state index in [0.29, 0.717) is 4.90 Å². The molecule has 0 spiro atoms. The van der Waals surface area contributed by atoms with Crippen LogP contribution in [-0.2, 0) is 51.0 Å². The summed E-state index contributed by atoms with van der Waals surface area (Å²) in [6.07, 6.45) is 0.358. The summed E-state index contributed by atoms with van der Waals surface area (Å²) in [6.45, 7) is 13.7. The number of alkyl halides is 1. The zero-order valence-corrected chi connectivity index (χ0v) is 32.9. The van der Waals surface area contributed by atoms with Gasteiger partial charge < -0.3 is 0 Å². The van der Waals surface area contributed by atoms with E-state index in [1.54, 1.807) is 57.2 Å². The van der Waals surface area contributed by atoms with Crippen LogP contribution in [0, 0.1) is 16.7 Å². The van der Waals surface area contributed by atoms with Crippen LogP contribution in [0.15, 0.2) is 58.3 Å². The maximum Gasteiger partial charge on any atom is 0.242 e. The van der Waals surface area contributed by atoms with Crippen molar-refractivity contribution in [2.45, 2.75) is 83.4 Å². The Morgan fingerprint density at radius 3 is 1.26 bits per heavy atom. The molecule has 13 heteroatoms. The quantitative estimate of drug-likeness (QED) is 0.210. The van der Waals surface area contributed by atoms with Gasteiger partial charge in [-0.1, -0.05) is 81.7 Å². The highest BCUT2D eigenvalue weighted by Gasteiger charge is 2.32. The first kappa shape index (κ1) is 44.4. The second-order valence-corrected chi connectivity index (χ2v) is 18.4. The molecule has 0 aliphatic heterocycles. The SMILES string of the molecule is CC(=O)C(Cc1ccc(S(=O)(=O)N(C)C)cc1)C(=O)C(C)(C)C.CC(=O)CC(=O)C(C)(C)C.CN(C)S(=O)(=O)c1ccc(CBr)cc1. The van der Waals surface area contributed by atoms with E-state index >= 15 is 0 Å². The summed E-state index contributed by atoms with van der Waals surface area (Å²) in [5.41, 5.74) is 0.860. The molecule has 0 saturated carbocycles. The zero-order valence-electron chi connectivity index (χ0n) is 29.7. The van der Waals surface area contributed by atoms with E-state index in [2.05, 4.69) is 15.9 Å². The summed E-state index contributed by atoms with van der Waals surface area (Å²) < 4.78 is 49.7. The summed E-state index contributed by atoms with van der Waals surface area (Å²) in [6, 6.07) is 13.1. The molecule has 0 amide bonds. The van der Waals surface area contributed by atoms with E-state index in [4.69, 9.17) is 0 Å². The molecule has 1 atom stereocenters. The van der Waals surface area contributed by atoms with E-state index < -0.39 is 31.4 Å². The third kappa shape index (κ3) is 14.6. The van der Waals surface area contributed by atoms with Crippen molar-refractivity contribution in [3.05, 3.63) is 59.7 Å². The first-order valence-corrected chi connectivity index (χ1v) is 18.9. The molecular formula is C34H51BrN2O8S2. The topological polar surface area (TPSA) is 143 Å². The predicted octanol–water partition coefficient (Wildman–Crippen LogP) is 5.71. The standard InChI is InChI=1S/C17H25NO4S.C9H12BrNO2S.C8H14O2/c1-12(19)15(16(20)17(2,3)4)11-13-7-9-14(10-8-13)23(21,22)18(5)6;1-11(2)14(12,13)9-5-3-8(7-10)4-6-9;1-6(9)5-7(10)8(2,3)4/h7-10,15H,11H2,1-6H3;3-6H,7H2,1-2H3;5H2,1-4H3. The lowest BCUT2D eigenvalue weighted by atomic mass is 9.79. The van der Waals surface area contributed by atoms with Gasteiger partial charge in [-0.05, 0) is 55.7 Å². The number of nitrogens with zero attached hydrogens (tertiary/aromatic N) is 2. The van der Waals surface area contributed by atoms with Crippen LogP contribution in [0.2, 0.25) is 0 Å². The molecule has 0 aromatic heterocycles. The Morgan fingerprint density at radius 2 is 1.02 bits per heavy atom. The molecule has 10 nitrogen and oxygen atoms in total. The monoisotopic (exact) mass is 758 g/mol.